The van der Waals surface area contributed by atoms with Gasteiger partial charge in [0.1, 0.15) is 11.7 Å². The van der Waals surface area contributed by atoms with E-state index in [9.17, 15) is 5.26 Å². The van der Waals surface area contributed by atoms with Crippen molar-refractivity contribution in [2.75, 3.05) is 25.0 Å². The van der Waals surface area contributed by atoms with Gasteiger partial charge in [-0.05, 0) is 18.4 Å². The van der Waals surface area contributed by atoms with Crippen LogP contribution in [-0.4, -0.2) is 36.1 Å². The summed E-state index contributed by atoms with van der Waals surface area (Å²) in [6.45, 7) is 2.01. The largest absolute Gasteiger partial charge is 0.366 e. The number of pyridine rings is 1. The van der Waals surface area contributed by atoms with Gasteiger partial charge in [-0.1, -0.05) is 11.6 Å². The summed E-state index contributed by atoms with van der Waals surface area (Å²) < 4.78 is 8.02. The molecule has 1 aliphatic carbocycles. The first kappa shape index (κ1) is 11.4. The van der Waals surface area contributed by atoms with Crippen LogP contribution in [0.25, 0.3) is 11.0 Å². The van der Waals surface area contributed by atoms with Crippen LogP contribution in [-0.2, 0) is 0 Å². The minimum Gasteiger partial charge on any atom is -0.366 e. The summed E-state index contributed by atoms with van der Waals surface area (Å²) in [5.74, 6) is 0.608. The second-order valence-electron chi connectivity index (χ2n) is 5.78. The average molecular weight is 280 g/mol. The minimum absolute atomic E-state index is 0.0341. The van der Waals surface area contributed by atoms with Gasteiger partial charge in [0.15, 0.2) is 0 Å². The quantitative estimate of drug-likeness (QED) is 0.823. The Bertz CT molecular complexity index is 816. The third-order valence-electron chi connectivity index (χ3n) is 4.64. The molecule has 5 heteroatoms. The molecule has 21 heavy (non-hydrogen) atoms. The molecule has 3 heterocycles. The number of H-pyrrole nitrogens is 1. The van der Waals surface area contributed by atoms with Gasteiger partial charge in [0.05, 0.1) is 12.6 Å². The highest BCUT2D eigenvalue weighted by Gasteiger charge is 2.32. The van der Waals surface area contributed by atoms with Crippen LogP contribution in [0.1, 0.15) is 13.4 Å². The van der Waals surface area contributed by atoms with Gasteiger partial charge in [-0.25, -0.2) is 4.98 Å². The highest BCUT2D eigenvalue weighted by molar-refractivity contribution is 5.93. The maximum Gasteiger partial charge on any atom is 0.139 e. The molecule has 0 aromatic carbocycles. The molecule has 1 fully saturated rings. The van der Waals surface area contributed by atoms with Crippen molar-refractivity contribution in [1.82, 2.24) is 15.3 Å². The summed E-state index contributed by atoms with van der Waals surface area (Å²) in [6.07, 6.45) is 5.22. The van der Waals surface area contributed by atoms with Crippen LogP contribution >= 0.6 is 0 Å². The SMILES string of the molecule is [2H]c1nc2[nH]ccc2c(N(C)C2C=C3CNCC3C2)c1C#N. The number of hydrogen-bond donors (Lipinski definition) is 2. The second kappa shape index (κ2) is 4.61. The van der Waals surface area contributed by atoms with E-state index in [0.717, 1.165) is 30.6 Å². The van der Waals surface area contributed by atoms with E-state index in [1.807, 2.05) is 13.1 Å². The van der Waals surface area contributed by atoms with Crippen LogP contribution in [0.2, 0.25) is 0 Å². The van der Waals surface area contributed by atoms with Crippen molar-refractivity contribution in [3.05, 3.63) is 35.6 Å². The lowest BCUT2D eigenvalue weighted by Gasteiger charge is -2.27. The highest BCUT2D eigenvalue weighted by atomic mass is 15.1. The first-order valence-corrected chi connectivity index (χ1v) is 7.21. The van der Waals surface area contributed by atoms with E-state index in [4.69, 9.17) is 1.37 Å². The van der Waals surface area contributed by atoms with E-state index in [-0.39, 0.29) is 12.2 Å². The average Bonchev–Trinajstić information content (AvgIpc) is 3.19. The number of likely N-dealkylation sites (N-methyl/N-ethyl adjacent to an activating group) is 1. The topological polar surface area (TPSA) is 67.7 Å². The van der Waals surface area contributed by atoms with E-state index in [0.29, 0.717) is 17.1 Å². The van der Waals surface area contributed by atoms with Crippen molar-refractivity contribution in [3.8, 4) is 6.07 Å². The number of nitriles is 1. The summed E-state index contributed by atoms with van der Waals surface area (Å²) in [6, 6.07) is 4.36. The van der Waals surface area contributed by atoms with E-state index >= 15 is 0 Å². The minimum atomic E-state index is 0.0341. The lowest BCUT2D eigenvalue weighted by molar-refractivity contribution is 0.577. The Hall–Kier alpha value is -2.32. The number of rotatable bonds is 2. The van der Waals surface area contributed by atoms with E-state index in [1.165, 1.54) is 5.57 Å². The van der Waals surface area contributed by atoms with Crippen molar-refractivity contribution < 1.29 is 1.37 Å². The molecule has 2 unspecified atom stereocenters. The van der Waals surface area contributed by atoms with Gasteiger partial charge in [-0.3, -0.25) is 0 Å². The maximum absolute atomic E-state index is 9.48. The van der Waals surface area contributed by atoms with Crippen molar-refractivity contribution in [1.29, 1.82) is 5.26 Å². The van der Waals surface area contributed by atoms with Gasteiger partial charge in [0, 0.05) is 43.9 Å². The van der Waals surface area contributed by atoms with Crippen molar-refractivity contribution >= 4 is 16.7 Å². The third-order valence-corrected chi connectivity index (χ3v) is 4.64. The van der Waals surface area contributed by atoms with Crippen LogP contribution in [0, 0.1) is 17.2 Å². The lowest BCUT2D eigenvalue weighted by Crippen LogP contribution is -2.30. The molecule has 2 aromatic heterocycles. The van der Waals surface area contributed by atoms with E-state index < -0.39 is 0 Å². The number of aromatic amines is 1. The number of hydrogen-bond acceptors (Lipinski definition) is 4. The first-order chi connectivity index (χ1) is 10.7. The first-order valence-electron chi connectivity index (χ1n) is 7.71. The second-order valence-corrected chi connectivity index (χ2v) is 5.78. The summed E-state index contributed by atoms with van der Waals surface area (Å²) in [4.78, 5) is 9.35. The van der Waals surface area contributed by atoms with Gasteiger partial charge in [0.2, 0.25) is 0 Å². The molecule has 5 nitrogen and oxygen atoms in total. The zero-order valence-electron chi connectivity index (χ0n) is 12.8. The highest BCUT2D eigenvalue weighted by Crippen LogP contribution is 2.36. The Balaban J connectivity index is 1.82. The predicted molar refractivity (Wildman–Crippen MR) is 82.1 cm³/mol. The summed E-state index contributed by atoms with van der Waals surface area (Å²) >= 11 is 0. The van der Waals surface area contributed by atoms with Gasteiger partial charge < -0.3 is 15.2 Å². The fraction of sp³-hybridized carbons (Fsp3) is 0.375. The molecule has 1 saturated heterocycles. The molecule has 0 spiro atoms. The van der Waals surface area contributed by atoms with Gasteiger partial charge in [-0.2, -0.15) is 5.26 Å². The van der Waals surface area contributed by atoms with Crippen LogP contribution < -0.4 is 10.2 Å². The Morgan fingerprint density at radius 2 is 2.48 bits per heavy atom. The zero-order valence-corrected chi connectivity index (χ0v) is 11.8. The standard InChI is InChI=1S/C16H17N5/c1-21(13-4-10-7-18-8-11(10)5-13)15-12(6-17)9-20-16-14(15)2-3-19-16/h2-4,9,11,13,18H,5,7-8H2,1H3,(H,19,20)/i9D. The molecule has 1 aliphatic heterocycles. The Kier molecular flexibility index (Phi) is 2.49. The predicted octanol–water partition coefficient (Wildman–Crippen LogP) is 1.79. The Morgan fingerprint density at radius 3 is 3.29 bits per heavy atom. The van der Waals surface area contributed by atoms with E-state index in [1.54, 1.807) is 6.20 Å². The number of nitrogens with zero attached hydrogens (tertiary/aromatic N) is 3. The van der Waals surface area contributed by atoms with Crippen LogP contribution in [0.3, 0.4) is 0 Å². The molecule has 0 saturated carbocycles. The molecule has 2 atom stereocenters. The van der Waals surface area contributed by atoms with Crippen LogP contribution in [0.4, 0.5) is 5.69 Å². The maximum atomic E-state index is 9.48. The smallest absolute Gasteiger partial charge is 0.139 e. The number of anilines is 1. The summed E-state index contributed by atoms with van der Waals surface area (Å²) in [7, 11) is 2.01. The fourth-order valence-electron chi connectivity index (χ4n) is 3.53. The molecule has 106 valence electrons. The summed E-state index contributed by atoms with van der Waals surface area (Å²) in [5.41, 5.74) is 3.30. The normalized spacial score (nSPS) is 24.6. The van der Waals surface area contributed by atoms with E-state index in [2.05, 4.69) is 32.3 Å². The molecule has 0 radical (unpaired) electrons. The molecule has 2 aromatic rings. The Morgan fingerprint density at radius 1 is 1.57 bits per heavy atom. The number of nitrogens with one attached hydrogen (secondary N) is 2. The molecule has 0 bridgehead atoms. The molecule has 4 rings (SSSR count). The van der Waals surface area contributed by atoms with Crippen molar-refractivity contribution in [2.45, 2.75) is 12.5 Å². The van der Waals surface area contributed by atoms with Crippen molar-refractivity contribution in [3.63, 3.8) is 0 Å². The summed E-state index contributed by atoms with van der Waals surface area (Å²) in [5, 5.41) is 13.8. The molecule has 2 aliphatic rings. The molecular weight excluding hydrogens is 262 g/mol. The third kappa shape index (κ3) is 1.83. The number of fused-ring (bicyclic) bond motifs is 2. The lowest BCUT2D eigenvalue weighted by atomic mass is 10.0. The van der Waals surface area contributed by atoms with Crippen LogP contribution in [0.5, 0.6) is 0 Å². The van der Waals surface area contributed by atoms with Gasteiger partial charge in [-0.15, -0.1) is 0 Å². The monoisotopic (exact) mass is 280 g/mol. The van der Waals surface area contributed by atoms with Crippen LogP contribution in [0.15, 0.2) is 30.1 Å². The van der Waals surface area contributed by atoms with Gasteiger partial charge in [0.25, 0.3) is 0 Å². The van der Waals surface area contributed by atoms with Gasteiger partial charge >= 0.3 is 0 Å². The Labute approximate surface area is 124 Å². The molecule has 2 N–H and O–H groups in total. The zero-order chi connectivity index (χ0) is 15.3. The molecular formula is C16H17N5. The number of aromatic nitrogens is 2. The molecule has 0 amide bonds. The fourth-order valence-corrected chi connectivity index (χ4v) is 3.53. The van der Waals surface area contributed by atoms with Crippen molar-refractivity contribution in [2.24, 2.45) is 5.92 Å².